The zero-order valence-corrected chi connectivity index (χ0v) is 8.50. The highest BCUT2D eigenvalue weighted by Gasteiger charge is 2.24. The molecule has 0 saturated carbocycles. The molecule has 1 aromatic rings. The van der Waals surface area contributed by atoms with Gasteiger partial charge in [0.1, 0.15) is 0 Å². The molecule has 0 bridgehead atoms. The molecule has 3 N–H and O–H groups in total. The molecule has 1 fully saturated rings. The first-order valence-corrected chi connectivity index (χ1v) is 4.99. The monoisotopic (exact) mass is 212 g/mol. The number of hydrogen-bond donors (Lipinski definition) is 2. The van der Waals surface area contributed by atoms with Crippen molar-refractivity contribution in [3.63, 3.8) is 0 Å². The van der Waals surface area contributed by atoms with E-state index in [-0.39, 0.29) is 12.1 Å². The van der Waals surface area contributed by atoms with E-state index >= 15 is 0 Å². The summed E-state index contributed by atoms with van der Waals surface area (Å²) in [6, 6.07) is 7.86. The lowest BCUT2D eigenvalue weighted by Crippen LogP contribution is -2.38. The standard InChI is InChI=1S/C10H13ClN2O/c11-7-1-3-8(4-2-7)13-10-6-14-5-9(10)12/h1-4,9-10,13H,5-6,12H2/t9-,10+/m0/s1. The van der Waals surface area contributed by atoms with E-state index in [9.17, 15) is 0 Å². The second kappa shape index (κ2) is 4.17. The lowest BCUT2D eigenvalue weighted by Gasteiger charge is -2.16. The predicted molar refractivity (Wildman–Crippen MR) is 57.7 cm³/mol. The summed E-state index contributed by atoms with van der Waals surface area (Å²) < 4.78 is 5.25. The molecule has 2 rings (SSSR count). The van der Waals surface area contributed by atoms with Crippen molar-refractivity contribution in [1.82, 2.24) is 0 Å². The maximum absolute atomic E-state index is 5.84. The summed E-state index contributed by atoms with van der Waals surface area (Å²) in [5.41, 5.74) is 6.87. The maximum Gasteiger partial charge on any atom is 0.0684 e. The van der Waals surface area contributed by atoms with Crippen LogP contribution in [-0.2, 0) is 4.74 Å². The van der Waals surface area contributed by atoms with Crippen LogP contribution in [0.15, 0.2) is 24.3 Å². The van der Waals surface area contributed by atoms with Gasteiger partial charge >= 0.3 is 0 Å². The Hall–Kier alpha value is -0.770. The Labute approximate surface area is 88.2 Å². The van der Waals surface area contributed by atoms with E-state index < -0.39 is 0 Å². The number of benzene rings is 1. The first-order valence-electron chi connectivity index (χ1n) is 4.61. The zero-order valence-electron chi connectivity index (χ0n) is 7.74. The average molecular weight is 213 g/mol. The fraction of sp³-hybridized carbons (Fsp3) is 0.400. The molecular weight excluding hydrogens is 200 g/mol. The molecule has 76 valence electrons. The van der Waals surface area contributed by atoms with Crippen molar-refractivity contribution in [2.24, 2.45) is 5.73 Å². The molecule has 0 unspecified atom stereocenters. The Morgan fingerprint density at radius 2 is 2.00 bits per heavy atom. The molecule has 0 spiro atoms. The first kappa shape index (κ1) is 9.77. The Bertz CT molecular complexity index is 301. The van der Waals surface area contributed by atoms with Gasteiger partial charge in [-0.05, 0) is 24.3 Å². The van der Waals surface area contributed by atoms with E-state index in [2.05, 4.69) is 5.32 Å². The minimum atomic E-state index is 0.0747. The molecule has 1 saturated heterocycles. The number of rotatable bonds is 2. The smallest absolute Gasteiger partial charge is 0.0684 e. The number of anilines is 1. The summed E-state index contributed by atoms with van der Waals surface area (Å²) in [4.78, 5) is 0. The molecular formula is C10H13ClN2O. The third kappa shape index (κ3) is 2.18. The second-order valence-electron chi connectivity index (χ2n) is 3.46. The number of nitrogens with two attached hydrogens (primary N) is 1. The van der Waals surface area contributed by atoms with Gasteiger partial charge in [0.2, 0.25) is 0 Å². The van der Waals surface area contributed by atoms with Crippen LogP contribution < -0.4 is 11.1 Å². The van der Waals surface area contributed by atoms with Gasteiger partial charge in [0.05, 0.1) is 25.3 Å². The van der Waals surface area contributed by atoms with Gasteiger partial charge in [-0.15, -0.1) is 0 Å². The van der Waals surface area contributed by atoms with Gasteiger partial charge in [-0.2, -0.15) is 0 Å². The van der Waals surface area contributed by atoms with Crippen LogP contribution in [0.1, 0.15) is 0 Å². The fourth-order valence-corrected chi connectivity index (χ4v) is 1.61. The lowest BCUT2D eigenvalue weighted by molar-refractivity contribution is 0.192. The van der Waals surface area contributed by atoms with Gasteiger partial charge < -0.3 is 15.8 Å². The lowest BCUT2D eigenvalue weighted by atomic mass is 10.2. The van der Waals surface area contributed by atoms with Gasteiger partial charge in [0.15, 0.2) is 0 Å². The molecule has 0 aromatic heterocycles. The summed E-state index contributed by atoms with van der Waals surface area (Å²) >= 11 is 5.78. The van der Waals surface area contributed by atoms with Crippen molar-refractivity contribution in [2.45, 2.75) is 12.1 Å². The minimum Gasteiger partial charge on any atom is -0.378 e. The van der Waals surface area contributed by atoms with Crippen molar-refractivity contribution >= 4 is 17.3 Å². The van der Waals surface area contributed by atoms with E-state index in [0.717, 1.165) is 10.7 Å². The fourth-order valence-electron chi connectivity index (χ4n) is 1.48. The molecule has 2 atom stereocenters. The summed E-state index contributed by atoms with van der Waals surface area (Å²) in [6.45, 7) is 1.30. The maximum atomic E-state index is 5.84. The third-order valence-corrected chi connectivity index (χ3v) is 2.57. The Balaban J connectivity index is 2.00. The molecule has 1 aliphatic rings. The van der Waals surface area contributed by atoms with E-state index in [1.807, 2.05) is 24.3 Å². The van der Waals surface area contributed by atoms with E-state index in [4.69, 9.17) is 22.1 Å². The van der Waals surface area contributed by atoms with Crippen molar-refractivity contribution in [1.29, 1.82) is 0 Å². The van der Waals surface area contributed by atoms with Crippen molar-refractivity contribution in [3.8, 4) is 0 Å². The normalized spacial score (nSPS) is 26.4. The Morgan fingerprint density at radius 1 is 1.29 bits per heavy atom. The van der Waals surface area contributed by atoms with Gasteiger partial charge in [0, 0.05) is 10.7 Å². The summed E-state index contributed by atoms with van der Waals surface area (Å²) in [7, 11) is 0. The average Bonchev–Trinajstić information content (AvgIpc) is 2.56. The molecule has 4 heteroatoms. The second-order valence-corrected chi connectivity index (χ2v) is 3.90. The molecule has 14 heavy (non-hydrogen) atoms. The van der Waals surface area contributed by atoms with E-state index in [1.54, 1.807) is 0 Å². The molecule has 3 nitrogen and oxygen atoms in total. The zero-order chi connectivity index (χ0) is 9.97. The van der Waals surface area contributed by atoms with Crippen LogP contribution in [-0.4, -0.2) is 25.3 Å². The summed E-state index contributed by atoms with van der Waals surface area (Å²) in [5.74, 6) is 0. The Morgan fingerprint density at radius 3 is 2.57 bits per heavy atom. The predicted octanol–water partition coefficient (Wildman–Crippen LogP) is 1.48. The van der Waals surface area contributed by atoms with Crippen LogP contribution >= 0.6 is 11.6 Å². The van der Waals surface area contributed by atoms with Crippen LogP contribution in [0.5, 0.6) is 0 Å². The highest BCUT2D eigenvalue weighted by atomic mass is 35.5. The van der Waals surface area contributed by atoms with Crippen molar-refractivity contribution in [2.75, 3.05) is 18.5 Å². The van der Waals surface area contributed by atoms with Gasteiger partial charge in [-0.3, -0.25) is 0 Å². The molecule has 0 radical (unpaired) electrons. The number of hydrogen-bond acceptors (Lipinski definition) is 3. The molecule has 1 aromatic carbocycles. The van der Waals surface area contributed by atoms with E-state index in [0.29, 0.717) is 13.2 Å². The van der Waals surface area contributed by atoms with Gasteiger partial charge in [-0.1, -0.05) is 11.6 Å². The van der Waals surface area contributed by atoms with Crippen molar-refractivity contribution < 1.29 is 4.74 Å². The quantitative estimate of drug-likeness (QED) is 0.781. The van der Waals surface area contributed by atoms with Crippen LogP contribution in [0.2, 0.25) is 5.02 Å². The topological polar surface area (TPSA) is 47.3 Å². The minimum absolute atomic E-state index is 0.0747. The summed E-state index contributed by atoms with van der Waals surface area (Å²) in [5, 5.41) is 4.05. The highest BCUT2D eigenvalue weighted by Crippen LogP contribution is 2.16. The Kier molecular flexibility index (Phi) is 2.91. The third-order valence-electron chi connectivity index (χ3n) is 2.32. The summed E-state index contributed by atoms with van der Waals surface area (Å²) in [6.07, 6.45) is 0. The first-order chi connectivity index (χ1) is 6.75. The molecule has 1 heterocycles. The SMILES string of the molecule is N[C@H]1COC[C@H]1Nc1ccc(Cl)cc1. The number of nitrogens with one attached hydrogen (secondary N) is 1. The van der Waals surface area contributed by atoms with Crippen LogP contribution in [0.25, 0.3) is 0 Å². The van der Waals surface area contributed by atoms with Crippen LogP contribution in [0, 0.1) is 0 Å². The van der Waals surface area contributed by atoms with Gasteiger partial charge in [-0.25, -0.2) is 0 Å². The van der Waals surface area contributed by atoms with Crippen LogP contribution in [0.4, 0.5) is 5.69 Å². The number of halogens is 1. The largest absolute Gasteiger partial charge is 0.378 e. The number of ether oxygens (including phenoxy) is 1. The highest BCUT2D eigenvalue weighted by molar-refractivity contribution is 6.30. The van der Waals surface area contributed by atoms with E-state index in [1.165, 1.54) is 0 Å². The molecule has 0 aliphatic carbocycles. The van der Waals surface area contributed by atoms with Crippen LogP contribution in [0.3, 0.4) is 0 Å². The van der Waals surface area contributed by atoms with Gasteiger partial charge in [0.25, 0.3) is 0 Å². The molecule has 1 aliphatic heterocycles. The molecule has 0 amide bonds. The van der Waals surface area contributed by atoms with Crippen molar-refractivity contribution in [3.05, 3.63) is 29.3 Å².